The number of aliphatic hydroxyl groups excluding tert-OH is 1. The Kier molecular flexibility index (Phi) is 5.73. The van der Waals surface area contributed by atoms with Crippen LogP contribution < -0.4 is 10.6 Å². The Balaban J connectivity index is 1.63. The first-order valence-electron chi connectivity index (χ1n) is 8.32. The molecule has 0 spiro atoms. The highest BCUT2D eigenvalue weighted by atomic mass is 35.5. The maximum Gasteiger partial charge on any atom is 0.313 e. The predicted octanol–water partition coefficient (Wildman–Crippen LogP) is 3.05. The van der Waals surface area contributed by atoms with Gasteiger partial charge in [-0.1, -0.05) is 11.6 Å². The Bertz CT molecular complexity index is 959. The molecule has 140 valence electrons. The van der Waals surface area contributed by atoms with Crippen LogP contribution in [0.1, 0.15) is 25.2 Å². The van der Waals surface area contributed by atoms with Gasteiger partial charge >= 0.3 is 11.8 Å². The van der Waals surface area contributed by atoms with Crippen molar-refractivity contribution in [1.82, 2.24) is 10.3 Å². The van der Waals surface area contributed by atoms with Crippen LogP contribution in [-0.2, 0) is 9.59 Å². The molecule has 0 radical (unpaired) electrons. The van der Waals surface area contributed by atoms with E-state index in [1.807, 2.05) is 0 Å². The highest BCUT2D eigenvalue weighted by Crippen LogP contribution is 2.28. The van der Waals surface area contributed by atoms with E-state index < -0.39 is 24.0 Å². The van der Waals surface area contributed by atoms with Gasteiger partial charge in [-0.05, 0) is 43.3 Å². The van der Waals surface area contributed by atoms with Crippen molar-refractivity contribution in [3.05, 3.63) is 59.6 Å². The summed E-state index contributed by atoms with van der Waals surface area (Å²) >= 11 is 6.10. The van der Waals surface area contributed by atoms with Crippen molar-refractivity contribution in [3.8, 4) is 0 Å². The summed E-state index contributed by atoms with van der Waals surface area (Å²) in [7, 11) is 0. The fraction of sp³-hybridized carbons (Fsp3) is 0.211. The molecular formula is C19H18ClN3O4. The molecule has 0 saturated heterocycles. The van der Waals surface area contributed by atoms with E-state index in [-0.39, 0.29) is 6.42 Å². The van der Waals surface area contributed by atoms with Crippen molar-refractivity contribution in [2.75, 3.05) is 5.32 Å². The summed E-state index contributed by atoms with van der Waals surface area (Å²) in [5, 5.41) is 16.3. The van der Waals surface area contributed by atoms with Crippen LogP contribution in [0.5, 0.6) is 0 Å². The predicted molar refractivity (Wildman–Crippen MR) is 101 cm³/mol. The van der Waals surface area contributed by atoms with E-state index in [0.29, 0.717) is 27.4 Å². The monoisotopic (exact) mass is 387 g/mol. The van der Waals surface area contributed by atoms with Crippen molar-refractivity contribution in [1.29, 1.82) is 0 Å². The molecule has 0 aliphatic rings. The normalized spacial score (nSPS) is 13.1. The Labute approximate surface area is 160 Å². The van der Waals surface area contributed by atoms with Gasteiger partial charge in [0.15, 0.2) is 0 Å². The van der Waals surface area contributed by atoms with E-state index in [1.54, 1.807) is 49.5 Å². The molecule has 2 amide bonds. The largest absolute Gasteiger partial charge is 0.467 e. The van der Waals surface area contributed by atoms with E-state index in [9.17, 15) is 14.7 Å². The number of furan rings is 1. The molecule has 2 unspecified atom stereocenters. The number of rotatable bonds is 5. The van der Waals surface area contributed by atoms with Crippen LogP contribution in [0.2, 0.25) is 5.02 Å². The lowest BCUT2D eigenvalue weighted by Crippen LogP contribution is -2.41. The number of carbonyl (C=O) groups excluding carboxylic acids is 2. The molecule has 2 heterocycles. The van der Waals surface area contributed by atoms with Gasteiger partial charge in [-0.2, -0.15) is 0 Å². The number of amides is 2. The number of fused-ring (bicyclic) bond motifs is 1. The van der Waals surface area contributed by atoms with Gasteiger partial charge in [0, 0.05) is 24.0 Å². The smallest absolute Gasteiger partial charge is 0.313 e. The van der Waals surface area contributed by atoms with Crippen LogP contribution in [0.3, 0.4) is 0 Å². The molecule has 0 aliphatic heterocycles. The van der Waals surface area contributed by atoms with Crippen molar-refractivity contribution < 1.29 is 19.1 Å². The lowest BCUT2D eigenvalue weighted by atomic mass is 10.1. The molecule has 8 heteroatoms. The molecule has 27 heavy (non-hydrogen) atoms. The molecular weight excluding hydrogens is 370 g/mol. The Morgan fingerprint density at radius 3 is 2.78 bits per heavy atom. The zero-order valence-electron chi connectivity index (χ0n) is 14.5. The minimum absolute atomic E-state index is 0.209. The number of nitrogens with zero attached hydrogens (tertiary/aromatic N) is 1. The third kappa shape index (κ3) is 4.45. The number of hydrogen-bond donors (Lipinski definition) is 3. The topological polar surface area (TPSA) is 104 Å². The summed E-state index contributed by atoms with van der Waals surface area (Å²) in [6.07, 6.45) is 2.39. The summed E-state index contributed by atoms with van der Waals surface area (Å²) in [4.78, 5) is 28.6. The minimum atomic E-state index is -0.871. The molecule has 3 N–H and O–H groups in total. The van der Waals surface area contributed by atoms with Crippen LogP contribution in [0.25, 0.3) is 10.9 Å². The zero-order valence-corrected chi connectivity index (χ0v) is 15.2. The van der Waals surface area contributed by atoms with E-state index >= 15 is 0 Å². The minimum Gasteiger partial charge on any atom is -0.467 e. The molecule has 7 nitrogen and oxygen atoms in total. The van der Waals surface area contributed by atoms with Gasteiger partial charge in [0.2, 0.25) is 0 Å². The second-order valence-electron chi connectivity index (χ2n) is 6.09. The summed E-state index contributed by atoms with van der Waals surface area (Å²) in [5.74, 6) is -1.22. The van der Waals surface area contributed by atoms with Gasteiger partial charge in [0.05, 0.1) is 22.5 Å². The molecule has 0 aliphatic carbocycles. The SMILES string of the molecule is CC(CC(O)c1ccco1)NC(=O)C(=O)Nc1ccc(Cl)c2ncccc12. The highest BCUT2D eigenvalue weighted by Gasteiger charge is 2.21. The van der Waals surface area contributed by atoms with Gasteiger partial charge in [-0.3, -0.25) is 14.6 Å². The van der Waals surface area contributed by atoms with Crippen LogP contribution in [0.15, 0.2) is 53.3 Å². The molecule has 0 fully saturated rings. The van der Waals surface area contributed by atoms with Gasteiger partial charge < -0.3 is 20.2 Å². The number of nitrogens with one attached hydrogen (secondary N) is 2. The molecule has 2 atom stereocenters. The van der Waals surface area contributed by atoms with Crippen molar-refractivity contribution in [2.24, 2.45) is 0 Å². The number of benzene rings is 1. The highest BCUT2D eigenvalue weighted by molar-refractivity contribution is 6.41. The lowest BCUT2D eigenvalue weighted by molar-refractivity contribution is -0.136. The Hall–Kier alpha value is -2.90. The van der Waals surface area contributed by atoms with E-state index in [2.05, 4.69) is 15.6 Å². The third-order valence-electron chi connectivity index (χ3n) is 4.00. The van der Waals surface area contributed by atoms with Crippen LogP contribution in [-0.4, -0.2) is 27.9 Å². The lowest BCUT2D eigenvalue weighted by Gasteiger charge is -2.16. The third-order valence-corrected chi connectivity index (χ3v) is 4.31. The molecule has 2 aromatic heterocycles. The number of pyridine rings is 1. The fourth-order valence-corrected chi connectivity index (χ4v) is 2.92. The van der Waals surface area contributed by atoms with Crippen LogP contribution in [0, 0.1) is 0 Å². The first kappa shape index (κ1) is 18.9. The first-order chi connectivity index (χ1) is 13.0. The number of aromatic nitrogens is 1. The second kappa shape index (κ2) is 8.20. The summed E-state index contributed by atoms with van der Waals surface area (Å²) in [5.41, 5.74) is 0.971. The second-order valence-corrected chi connectivity index (χ2v) is 6.50. The van der Waals surface area contributed by atoms with E-state index in [4.69, 9.17) is 16.0 Å². The Morgan fingerprint density at radius 2 is 2.04 bits per heavy atom. The first-order valence-corrected chi connectivity index (χ1v) is 8.70. The maximum absolute atomic E-state index is 12.2. The number of carbonyl (C=O) groups is 2. The number of aliphatic hydroxyl groups is 1. The van der Waals surface area contributed by atoms with E-state index in [1.165, 1.54) is 6.26 Å². The quantitative estimate of drug-likeness (QED) is 0.583. The molecule has 0 bridgehead atoms. The molecule has 1 aromatic carbocycles. The average Bonchev–Trinajstić information content (AvgIpc) is 3.19. The molecule has 0 saturated carbocycles. The molecule has 3 aromatic rings. The maximum atomic E-state index is 12.2. The van der Waals surface area contributed by atoms with Gasteiger partial charge in [0.1, 0.15) is 11.9 Å². The number of halogens is 1. The number of hydrogen-bond acceptors (Lipinski definition) is 5. The Morgan fingerprint density at radius 1 is 1.22 bits per heavy atom. The summed E-state index contributed by atoms with van der Waals surface area (Å²) in [6.45, 7) is 1.69. The van der Waals surface area contributed by atoms with Crippen molar-refractivity contribution in [2.45, 2.75) is 25.5 Å². The van der Waals surface area contributed by atoms with Crippen LogP contribution >= 0.6 is 11.6 Å². The number of anilines is 1. The van der Waals surface area contributed by atoms with Gasteiger partial charge in [-0.15, -0.1) is 0 Å². The van der Waals surface area contributed by atoms with Crippen molar-refractivity contribution in [3.63, 3.8) is 0 Å². The molecule has 3 rings (SSSR count). The van der Waals surface area contributed by atoms with Gasteiger partial charge in [-0.25, -0.2) is 0 Å². The zero-order chi connectivity index (χ0) is 19.4. The average molecular weight is 388 g/mol. The van der Waals surface area contributed by atoms with Crippen LogP contribution in [0.4, 0.5) is 5.69 Å². The fourth-order valence-electron chi connectivity index (χ4n) is 2.71. The summed E-state index contributed by atoms with van der Waals surface area (Å²) < 4.78 is 5.12. The van der Waals surface area contributed by atoms with Gasteiger partial charge in [0.25, 0.3) is 0 Å². The summed E-state index contributed by atoms with van der Waals surface area (Å²) in [6, 6.07) is 9.56. The van der Waals surface area contributed by atoms with E-state index in [0.717, 1.165) is 0 Å². The standard InChI is InChI=1S/C19H18ClN3O4/c1-11(10-15(24)16-5-3-9-27-16)22-18(25)19(26)23-14-7-6-13(20)17-12(14)4-2-8-21-17/h2-9,11,15,24H,10H2,1H3,(H,22,25)(H,23,26). The van der Waals surface area contributed by atoms with Crippen molar-refractivity contribution >= 4 is 40.0 Å².